The normalized spacial score (nSPS) is 13.5. The number of aromatic nitrogens is 1. The average molecular weight is 301 g/mol. The van der Waals surface area contributed by atoms with E-state index in [4.69, 9.17) is 16.0 Å². The fourth-order valence-corrected chi connectivity index (χ4v) is 1.69. The first-order valence-electron chi connectivity index (χ1n) is 6.50. The van der Waals surface area contributed by atoms with Crippen molar-refractivity contribution in [3.63, 3.8) is 0 Å². The Morgan fingerprint density at radius 1 is 1.32 bits per heavy atom. The summed E-state index contributed by atoms with van der Waals surface area (Å²) in [7, 11) is 1.53. The molecule has 0 bridgehead atoms. The van der Waals surface area contributed by atoms with Gasteiger partial charge in [-0.05, 0) is 12.1 Å². The van der Waals surface area contributed by atoms with Crippen LogP contribution in [0, 0.1) is 5.82 Å². The second kappa shape index (κ2) is 7.16. The van der Waals surface area contributed by atoms with Crippen molar-refractivity contribution in [3.8, 4) is 0 Å². The molecule has 6 nitrogen and oxygen atoms in total. The summed E-state index contributed by atoms with van der Waals surface area (Å²) in [6.45, 7) is 0.141. The minimum atomic E-state index is -0.322. The summed E-state index contributed by atoms with van der Waals surface area (Å²) in [5, 5.41) is 3.81. The lowest BCUT2D eigenvalue weighted by Crippen LogP contribution is -2.22. The predicted octanol–water partition coefficient (Wildman–Crippen LogP) is 1.63. The molecule has 2 rings (SSSR count). The fourth-order valence-electron chi connectivity index (χ4n) is 1.69. The van der Waals surface area contributed by atoms with E-state index in [1.807, 2.05) is 0 Å². The summed E-state index contributed by atoms with van der Waals surface area (Å²) in [4.78, 5) is 8.14. The number of nitrogens with zero attached hydrogens (tertiary/aromatic N) is 3. The third-order valence-corrected chi connectivity index (χ3v) is 2.91. The van der Waals surface area contributed by atoms with Crippen LogP contribution in [-0.4, -0.2) is 23.8 Å². The Labute approximate surface area is 127 Å². The molecule has 0 saturated carbocycles. The molecule has 0 atom stereocenters. The van der Waals surface area contributed by atoms with Crippen LogP contribution >= 0.6 is 0 Å². The van der Waals surface area contributed by atoms with Gasteiger partial charge in [0.15, 0.2) is 0 Å². The minimum Gasteiger partial charge on any atom is -0.396 e. The Morgan fingerprint density at radius 3 is 2.73 bits per heavy atom. The fraction of sp³-hybridized carbons (Fsp3) is 0.133. The van der Waals surface area contributed by atoms with Gasteiger partial charge in [-0.2, -0.15) is 0 Å². The third-order valence-electron chi connectivity index (χ3n) is 2.91. The number of aliphatic imine (C=N–C) groups is 2. The van der Waals surface area contributed by atoms with Gasteiger partial charge in [-0.3, -0.25) is 9.98 Å². The quantitative estimate of drug-likeness (QED) is 0.647. The molecule has 0 saturated heterocycles. The van der Waals surface area contributed by atoms with Crippen molar-refractivity contribution in [2.45, 2.75) is 6.54 Å². The van der Waals surface area contributed by atoms with E-state index >= 15 is 0 Å². The molecule has 0 aliphatic carbocycles. The maximum absolute atomic E-state index is 13.6. The maximum Gasteiger partial charge on any atom is 0.141 e. The molecule has 1 aromatic heterocycles. The first-order valence-corrected chi connectivity index (χ1v) is 6.50. The zero-order valence-corrected chi connectivity index (χ0v) is 12.0. The first kappa shape index (κ1) is 15.4. The highest BCUT2D eigenvalue weighted by Gasteiger charge is 2.08. The topological polar surface area (TPSA) is 103 Å². The minimum absolute atomic E-state index is 0.141. The number of nitrogens with two attached hydrogens (primary N) is 2. The number of allylic oxidation sites excluding steroid dienone is 1. The predicted molar refractivity (Wildman–Crippen MR) is 83.0 cm³/mol. The Hall–Kier alpha value is -2.96. The standard InChI is InChI=1S/C15H16FN5O/c1-19-15(18)12(17)8-14(13-6-7-22-21-13)20-9-10-4-2-3-5-11(10)16/h2-8H,9,17H2,1H3,(H2,18,19). The van der Waals surface area contributed by atoms with Crippen LogP contribution in [0.1, 0.15) is 11.3 Å². The molecule has 2 aromatic rings. The molecule has 0 spiro atoms. The molecule has 4 N–H and O–H groups in total. The van der Waals surface area contributed by atoms with Gasteiger partial charge in [-0.25, -0.2) is 4.39 Å². The van der Waals surface area contributed by atoms with Gasteiger partial charge in [-0.15, -0.1) is 0 Å². The van der Waals surface area contributed by atoms with Crippen molar-refractivity contribution in [1.29, 1.82) is 0 Å². The molecular formula is C15H16FN5O. The smallest absolute Gasteiger partial charge is 0.141 e. The number of hydrogen-bond donors (Lipinski definition) is 2. The number of amidine groups is 1. The monoisotopic (exact) mass is 301 g/mol. The van der Waals surface area contributed by atoms with Crippen molar-refractivity contribution in [3.05, 3.63) is 65.4 Å². The molecule has 0 aliphatic heterocycles. The molecule has 1 heterocycles. The van der Waals surface area contributed by atoms with Crippen LogP contribution in [0.15, 0.2) is 62.9 Å². The Morgan fingerprint density at radius 2 is 2.09 bits per heavy atom. The van der Waals surface area contributed by atoms with E-state index in [9.17, 15) is 4.39 Å². The highest BCUT2D eigenvalue weighted by atomic mass is 19.1. The van der Waals surface area contributed by atoms with Crippen molar-refractivity contribution in [2.75, 3.05) is 7.05 Å². The van der Waals surface area contributed by atoms with Crippen molar-refractivity contribution < 1.29 is 8.91 Å². The van der Waals surface area contributed by atoms with E-state index in [0.29, 0.717) is 17.0 Å². The summed E-state index contributed by atoms with van der Waals surface area (Å²) in [6, 6.07) is 8.04. The summed E-state index contributed by atoms with van der Waals surface area (Å²) in [5.74, 6) is -0.139. The van der Waals surface area contributed by atoms with Crippen molar-refractivity contribution >= 4 is 11.5 Å². The molecular weight excluding hydrogens is 285 g/mol. The lowest BCUT2D eigenvalue weighted by Gasteiger charge is -2.03. The Bertz CT molecular complexity index is 719. The van der Waals surface area contributed by atoms with Gasteiger partial charge in [0.25, 0.3) is 0 Å². The lowest BCUT2D eigenvalue weighted by atomic mass is 10.2. The number of benzene rings is 1. The Kier molecular flexibility index (Phi) is 5.02. The van der Waals surface area contributed by atoms with Crippen LogP contribution in [0.25, 0.3) is 0 Å². The van der Waals surface area contributed by atoms with Gasteiger partial charge in [0, 0.05) is 18.7 Å². The Balaban J connectivity index is 2.33. The molecule has 22 heavy (non-hydrogen) atoms. The van der Waals surface area contributed by atoms with Gasteiger partial charge in [0.05, 0.1) is 18.0 Å². The lowest BCUT2D eigenvalue weighted by molar-refractivity contribution is 0.418. The largest absolute Gasteiger partial charge is 0.396 e. The molecule has 114 valence electrons. The zero-order chi connectivity index (χ0) is 15.9. The molecule has 0 unspecified atom stereocenters. The SMILES string of the molecule is CN=C(N)C(N)=CC(=NCc1ccccc1F)c1ccon1. The maximum atomic E-state index is 13.6. The summed E-state index contributed by atoms with van der Waals surface area (Å²) in [5.41, 5.74) is 13.1. The average Bonchev–Trinajstić information content (AvgIpc) is 3.06. The third kappa shape index (κ3) is 3.78. The summed E-state index contributed by atoms with van der Waals surface area (Å²) in [6.07, 6.45) is 2.94. The number of halogens is 1. The van der Waals surface area contributed by atoms with Crippen LogP contribution in [0.5, 0.6) is 0 Å². The van der Waals surface area contributed by atoms with Crippen molar-refractivity contribution in [1.82, 2.24) is 5.16 Å². The van der Waals surface area contributed by atoms with Crippen molar-refractivity contribution in [2.24, 2.45) is 21.5 Å². The molecule has 0 aliphatic rings. The summed E-state index contributed by atoms with van der Waals surface area (Å²) >= 11 is 0. The number of hydrogen-bond acceptors (Lipinski definition) is 5. The summed E-state index contributed by atoms with van der Waals surface area (Å²) < 4.78 is 18.4. The van der Waals surface area contributed by atoms with E-state index in [2.05, 4.69) is 15.1 Å². The second-order valence-electron chi connectivity index (χ2n) is 4.39. The van der Waals surface area contributed by atoms with Crippen LogP contribution in [0.2, 0.25) is 0 Å². The molecule has 7 heteroatoms. The van der Waals surface area contributed by atoms with E-state index in [-0.39, 0.29) is 23.9 Å². The first-order chi connectivity index (χ1) is 10.6. The highest BCUT2D eigenvalue weighted by Crippen LogP contribution is 2.10. The molecule has 0 fully saturated rings. The van der Waals surface area contributed by atoms with Gasteiger partial charge < -0.3 is 16.0 Å². The second-order valence-corrected chi connectivity index (χ2v) is 4.39. The van der Waals surface area contributed by atoms with Gasteiger partial charge >= 0.3 is 0 Å². The van der Waals surface area contributed by atoms with E-state index < -0.39 is 0 Å². The van der Waals surface area contributed by atoms with Gasteiger partial charge in [0.1, 0.15) is 23.6 Å². The van der Waals surface area contributed by atoms with E-state index in [0.717, 1.165) is 0 Å². The van der Waals surface area contributed by atoms with E-state index in [1.165, 1.54) is 25.5 Å². The van der Waals surface area contributed by atoms with Gasteiger partial charge in [0.2, 0.25) is 0 Å². The molecule has 0 radical (unpaired) electrons. The van der Waals surface area contributed by atoms with E-state index in [1.54, 1.807) is 24.3 Å². The number of rotatable bonds is 5. The molecule has 1 aromatic carbocycles. The molecule has 0 amide bonds. The highest BCUT2D eigenvalue weighted by molar-refractivity contribution is 6.12. The van der Waals surface area contributed by atoms with Crippen LogP contribution < -0.4 is 11.5 Å². The van der Waals surface area contributed by atoms with Crippen LogP contribution in [-0.2, 0) is 6.54 Å². The van der Waals surface area contributed by atoms with Crippen LogP contribution in [0.3, 0.4) is 0 Å². The van der Waals surface area contributed by atoms with Crippen LogP contribution in [0.4, 0.5) is 4.39 Å². The van der Waals surface area contributed by atoms with Gasteiger partial charge in [-0.1, -0.05) is 23.4 Å². The zero-order valence-electron chi connectivity index (χ0n) is 12.0.